The number of piperidine rings is 1. The third kappa shape index (κ3) is 4.68. The van der Waals surface area contributed by atoms with E-state index in [1.165, 1.54) is 28.6 Å². The van der Waals surface area contributed by atoms with Crippen LogP contribution in [-0.2, 0) is 24.3 Å². The summed E-state index contributed by atoms with van der Waals surface area (Å²) in [6, 6.07) is 5.77. The first kappa shape index (κ1) is 22.7. The third-order valence-corrected chi connectivity index (χ3v) is 7.63. The highest BCUT2D eigenvalue weighted by molar-refractivity contribution is 7.89. The van der Waals surface area contributed by atoms with Gasteiger partial charge in [0.25, 0.3) is 0 Å². The van der Waals surface area contributed by atoms with Gasteiger partial charge in [0.05, 0.1) is 35.8 Å². The summed E-state index contributed by atoms with van der Waals surface area (Å²) in [5.74, 6) is -0.578. The van der Waals surface area contributed by atoms with Gasteiger partial charge in [0.2, 0.25) is 15.9 Å². The molecular weight excluding hydrogens is 408 g/mol. The van der Waals surface area contributed by atoms with Gasteiger partial charge in [0, 0.05) is 25.6 Å². The molecule has 2 heterocycles. The van der Waals surface area contributed by atoms with Gasteiger partial charge in [-0.1, -0.05) is 0 Å². The van der Waals surface area contributed by atoms with E-state index in [4.69, 9.17) is 9.47 Å². The van der Waals surface area contributed by atoms with Crippen molar-refractivity contribution >= 4 is 21.9 Å². The van der Waals surface area contributed by atoms with Crippen LogP contribution in [-0.4, -0.2) is 74.5 Å². The third-order valence-electron chi connectivity index (χ3n) is 5.72. The van der Waals surface area contributed by atoms with E-state index in [0.29, 0.717) is 51.3 Å². The Labute approximate surface area is 178 Å². The lowest BCUT2D eigenvalue weighted by molar-refractivity contribution is -0.152. The van der Waals surface area contributed by atoms with Crippen molar-refractivity contribution in [3.05, 3.63) is 29.8 Å². The number of ether oxygens (including phenoxy) is 2. The zero-order chi connectivity index (χ0) is 21.9. The predicted molar refractivity (Wildman–Crippen MR) is 110 cm³/mol. The molecular formula is C21H30N2O6S. The van der Waals surface area contributed by atoms with Gasteiger partial charge >= 0.3 is 5.97 Å². The summed E-state index contributed by atoms with van der Waals surface area (Å²) in [5.41, 5.74) is -0.0348. The molecule has 0 spiro atoms. The molecule has 1 amide bonds. The van der Waals surface area contributed by atoms with Crippen LogP contribution in [0.2, 0.25) is 0 Å². The Kier molecular flexibility index (Phi) is 6.84. The molecule has 0 aromatic heterocycles. The minimum absolute atomic E-state index is 0.0825. The first-order chi connectivity index (χ1) is 14.2. The minimum atomic E-state index is -3.68. The molecule has 1 aromatic carbocycles. The Balaban J connectivity index is 1.63. The number of hydrogen-bond donors (Lipinski definition) is 0. The Hall–Kier alpha value is -1.97. The van der Waals surface area contributed by atoms with E-state index in [-0.39, 0.29) is 28.9 Å². The smallest absolute Gasteiger partial charge is 0.338 e. The first-order valence-electron chi connectivity index (χ1n) is 10.3. The van der Waals surface area contributed by atoms with E-state index in [1.54, 1.807) is 6.92 Å². The van der Waals surface area contributed by atoms with Crippen LogP contribution in [0.3, 0.4) is 0 Å². The van der Waals surface area contributed by atoms with Crippen molar-refractivity contribution in [2.75, 3.05) is 39.5 Å². The van der Waals surface area contributed by atoms with Crippen molar-refractivity contribution in [3.63, 3.8) is 0 Å². The van der Waals surface area contributed by atoms with E-state index in [2.05, 4.69) is 0 Å². The summed E-state index contributed by atoms with van der Waals surface area (Å²) in [7, 11) is -3.68. The van der Waals surface area contributed by atoms with Gasteiger partial charge in [-0.05, 0) is 57.9 Å². The lowest BCUT2D eigenvalue weighted by Crippen LogP contribution is -2.58. The van der Waals surface area contributed by atoms with Crippen molar-refractivity contribution < 1.29 is 27.5 Å². The number of rotatable bonds is 5. The normalized spacial score (nSPS) is 20.7. The lowest BCUT2D eigenvalue weighted by atomic mass is 9.93. The van der Waals surface area contributed by atoms with Crippen molar-refractivity contribution in [2.45, 2.75) is 44.0 Å². The summed E-state index contributed by atoms with van der Waals surface area (Å²) < 4.78 is 37.8. The summed E-state index contributed by atoms with van der Waals surface area (Å²) >= 11 is 0. The number of sulfonamides is 1. The van der Waals surface area contributed by atoms with E-state index in [0.717, 1.165) is 0 Å². The van der Waals surface area contributed by atoms with Gasteiger partial charge in [-0.25, -0.2) is 13.2 Å². The SMILES string of the molecule is CCOC(=O)c1ccc(S(=O)(=O)N2CCC(C(=O)N3CCOCC3(C)C)CC2)cc1. The molecule has 0 aliphatic carbocycles. The highest BCUT2D eigenvalue weighted by atomic mass is 32.2. The topological polar surface area (TPSA) is 93.2 Å². The number of esters is 1. The number of morpholine rings is 1. The monoisotopic (exact) mass is 438 g/mol. The Morgan fingerprint density at radius 2 is 1.77 bits per heavy atom. The summed E-state index contributed by atoms with van der Waals surface area (Å²) in [6.45, 7) is 8.15. The number of hydrogen-bond acceptors (Lipinski definition) is 6. The molecule has 2 aliphatic rings. The second kappa shape index (κ2) is 9.03. The predicted octanol–water partition coefficient (Wildman–Crippen LogP) is 1.90. The van der Waals surface area contributed by atoms with E-state index >= 15 is 0 Å². The van der Waals surface area contributed by atoms with Crippen LogP contribution in [0.15, 0.2) is 29.2 Å². The number of nitrogens with zero attached hydrogens (tertiary/aromatic N) is 2. The quantitative estimate of drug-likeness (QED) is 0.652. The largest absolute Gasteiger partial charge is 0.462 e. The van der Waals surface area contributed by atoms with E-state index in [1.807, 2.05) is 18.7 Å². The molecule has 2 aliphatic heterocycles. The van der Waals surface area contributed by atoms with Crippen molar-refractivity contribution in [1.29, 1.82) is 0 Å². The van der Waals surface area contributed by atoms with Crippen molar-refractivity contribution in [2.24, 2.45) is 5.92 Å². The number of carbonyl (C=O) groups is 2. The molecule has 0 N–H and O–H groups in total. The summed E-state index contributed by atoms with van der Waals surface area (Å²) in [5, 5.41) is 0. The second-order valence-corrected chi connectivity index (χ2v) is 10.2. The zero-order valence-corrected chi connectivity index (χ0v) is 18.6. The molecule has 0 bridgehead atoms. The Morgan fingerprint density at radius 3 is 2.33 bits per heavy atom. The fourth-order valence-corrected chi connectivity index (χ4v) is 5.43. The number of carbonyl (C=O) groups excluding carboxylic acids is 2. The van der Waals surface area contributed by atoms with Crippen LogP contribution in [0.5, 0.6) is 0 Å². The Bertz CT molecular complexity index is 873. The van der Waals surface area contributed by atoms with Crippen LogP contribution >= 0.6 is 0 Å². The van der Waals surface area contributed by atoms with E-state index in [9.17, 15) is 18.0 Å². The van der Waals surface area contributed by atoms with Crippen molar-refractivity contribution in [1.82, 2.24) is 9.21 Å². The van der Waals surface area contributed by atoms with Crippen LogP contribution in [0, 0.1) is 5.92 Å². The molecule has 8 nitrogen and oxygen atoms in total. The van der Waals surface area contributed by atoms with Gasteiger partial charge in [-0.2, -0.15) is 4.31 Å². The maximum absolute atomic E-state index is 13.0. The standard InChI is InChI=1S/C21H30N2O6S/c1-4-29-20(25)17-5-7-18(8-6-17)30(26,27)22-11-9-16(10-12-22)19(24)23-13-14-28-15-21(23,2)3/h5-8,16H,4,9-15H2,1-3H3. The van der Waals surface area contributed by atoms with Crippen LogP contribution < -0.4 is 0 Å². The molecule has 0 unspecified atom stereocenters. The van der Waals surface area contributed by atoms with E-state index < -0.39 is 16.0 Å². The molecule has 30 heavy (non-hydrogen) atoms. The average molecular weight is 439 g/mol. The molecule has 0 radical (unpaired) electrons. The fourth-order valence-electron chi connectivity index (χ4n) is 3.96. The molecule has 0 atom stereocenters. The minimum Gasteiger partial charge on any atom is -0.462 e. The molecule has 3 rings (SSSR count). The summed E-state index contributed by atoms with van der Waals surface area (Å²) in [4.78, 5) is 26.8. The molecule has 166 valence electrons. The Morgan fingerprint density at radius 1 is 1.13 bits per heavy atom. The van der Waals surface area contributed by atoms with Gasteiger partial charge in [-0.3, -0.25) is 4.79 Å². The van der Waals surface area contributed by atoms with Gasteiger partial charge < -0.3 is 14.4 Å². The fraction of sp³-hybridized carbons (Fsp3) is 0.619. The summed E-state index contributed by atoms with van der Waals surface area (Å²) in [6.07, 6.45) is 0.985. The van der Waals surface area contributed by atoms with Crippen molar-refractivity contribution in [3.8, 4) is 0 Å². The molecule has 2 fully saturated rings. The maximum atomic E-state index is 13.0. The first-order valence-corrected chi connectivity index (χ1v) is 11.8. The van der Waals surface area contributed by atoms with Crippen LogP contribution in [0.25, 0.3) is 0 Å². The van der Waals surface area contributed by atoms with Gasteiger partial charge in [0.15, 0.2) is 0 Å². The zero-order valence-electron chi connectivity index (χ0n) is 17.8. The lowest BCUT2D eigenvalue weighted by Gasteiger charge is -2.44. The maximum Gasteiger partial charge on any atom is 0.338 e. The number of amides is 1. The molecule has 9 heteroatoms. The molecule has 1 aromatic rings. The second-order valence-electron chi connectivity index (χ2n) is 8.28. The van der Waals surface area contributed by atoms with Gasteiger partial charge in [-0.15, -0.1) is 0 Å². The van der Waals surface area contributed by atoms with Crippen LogP contribution in [0.4, 0.5) is 0 Å². The number of benzene rings is 1. The van der Waals surface area contributed by atoms with Crippen LogP contribution in [0.1, 0.15) is 44.0 Å². The highest BCUT2D eigenvalue weighted by Gasteiger charge is 2.39. The average Bonchev–Trinajstić information content (AvgIpc) is 2.73. The molecule has 2 saturated heterocycles. The van der Waals surface area contributed by atoms with Gasteiger partial charge in [0.1, 0.15) is 0 Å². The molecule has 0 saturated carbocycles. The highest BCUT2D eigenvalue weighted by Crippen LogP contribution is 2.28.